The first kappa shape index (κ1) is 15.7. The molecule has 0 unspecified atom stereocenters. The van der Waals surface area contributed by atoms with Crippen molar-refractivity contribution in [3.05, 3.63) is 69.9 Å². The van der Waals surface area contributed by atoms with Crippen LogP contribution in [0, 0.1) is 17.0 Å². The lowest BCUT2D eigenvalue weighted by molar-refractivity contribution is -0.386. The minimum Gasteiger partial charge on any atom is -0.475 e. The number of Topliss-reactive ketones (excluding diaryl/α,β-unsaturated/α-hetero) is 1. The third-order valence-electron chi connectivity index (χ3n) is 3.87. The molecule has 24 heavy (non-hydrogen) atoms. The summed E-state index contributed by atoms with van der Waals surface area (Å²) in [5.74, 6) is -0.135. The number of fused-ring (bicyclic) bond motifs is 1. The summed E-state index contributed by atoms with van der Waals surface area (Å²) in [6.07, 6.45) is -0.844. The molecule has 0 bridgehead atoms. The molecule has 0 saturated heterocycles. The maximum Gasteiger partial charge on any atom is 0.310 e. The van der Waals surface area contributed by atoms with E-state index in [4.69, 9.17) is 4.74 Å². The molecule has 3 aromatic rings. The summed E-state index contributed by atoms with van der Waals surface area (Å²) in [6, 6.07) is 13.5. The molecule has 3 rings (SSSR count). The van der Waals surface area contributed by atoms with Crippen LogP contribution in [0.15, 0.2) is 48.5 Å². The minimum atomic E-state index is -0.844. The van der Waals surface area contributed by atoms with E-state index in [0.29, 0.717) is 5.56 Å². The molecule has 0 saturated carbocycles. The van der Waals surface area contributed by atoms with Gasteiger partial charge in [-0.2, -0.15) is 0 Å². The van der Waals surface area contributed by atoms with Crippen LogP contribution in [0.5, 0.6) is 5.75 Å². The molecule has 6 heteroatoms. The van der Waals surface area contributed by atoms with E-state index >= 15 is 0 Å². The highest BCUT2D eigenvalue weighted by atomic mass is 16.6. The quantitative estimate of drug-likeness (QED) is 0.436. The van der Waals surface area contributed by atoms with Gasteiger partial charge >= 0.3 is 5.69 Å². The Morgan fingerprint density at radius 1 is 1.17 bits per heavy atom. The third-order valence-corrected chi connectivity index (χ3v) is 3.87. The zero-order valence-electron chi connectivity index (χ0n) is 13.3. The van der Waals surface area contributed by atoms with Crippen molar-refractivity contribution in [1.82, 2.24) is 4.98 Å². The Balaban J connectivity index is 1.93. The highest BCUT2D eigenvalue weighted by Gasteiger charge is 2.25. The number of nitro benzene ring substituents is 1. The second-order valence-corrected chi connectivity index (χ2v) is 5.52. The van der Waals surface area contributed by atoms with Crippen molar-refractivity contribution in [2.24, 2.45) is 0 Å². The Labute approximate surface area is 138 Å². The topological polar surface area (TPSA) is 85.2 Å². The number of rotatable bonds is 5. The number of aromatic amines is 1. The minimum absolute atomic E-state index is 0.0841. The van der Waals surface area contributed by atoms with Crippen molar-refractivity contribution < 1.29 is 14.5 Å². The smallest absolute Gasteiger partial charge is 0.310 e. The summed E-state index contributed by atoms with van der Waals surface area (Å²) < 4.78 is 5.59. The number of para-hydroxylation sites is 3. The predicted octanol–water partition coefficient (Wildman–Crippen LogP) is 4.03. The van der Waals surface area contributed by atoms with Gasteiger partial charge in [-0.15, -0.1) is 0 Å². The van der Waals surface area contributed by atoms with E-state index in [9.17, 15) is 14.9 Å². The zero-order valence-corrected chi connectivity index (χ0v) is 13.3. The van der Waals surface area contributed by atoms with Crippen molar-refractivity contribution in [2.45, 2.75) is 20.0 Å². The third kappa shape index (κ3) is 2.74. The molecule has 122 valence electrons. The Morgan fingerprint density at radius 3 is 2.58 bits per heavy atom. The van der Waals surface area contributed by atoms with E-state index in [-0.39, 0.29) is 17.2 Å². The summed E-state index contributed by atoms with van der Waals surface area (Å²) in [6.45, 7) is 3.42. The number of H-pyrrole nitrogens is 1. The van der Waals surface area contributed by atoms with Gasteiger partial charge in [0.05, 0.1) is 4.92 Å². The van der Waals surface area contributed by atoms with Crippen LogP contribution in [0.4, 0.5) is 5.69 Å². The van der Waals surface area contributed by atoms with E-state index in [1.165, 1.54) is 12.1 Å². The maximum atomic E-state index is 12.8. The van der Waals surface area contributed by atoms with Gasteiger partial charge in [0.1, 0.15) is 0 Å². The number of aryl methyl sites for hydroxylation is 1. The van der Waals surface area contributed by atoms with Gasteiger partial charge in [-0.25, -0.2) is 0 Å². The molecular weight excluding hydrogens is 308 g/mol. The molecule has 0 spiro atoms. The molecule has 0 amide bonds. The van der Waals surface area contributed by atoms with Gasteiger partial charge in [0, 0.05) is 28.2 Å². The number of ketones is 1. The van der Waals surface area contributed by atoms with Gasteiger partial charge < -0.3 is 9.72 Å². The van der Waals surface area contributed by atoms with Gasteiger partial charge in [-0.05, 0) is 26.0 Å². The van der Waals surface area contributed by atoms with Gasteiger partial charge in [-0.1, -0.05) is 30.3 Å². The first-order valence-corrected chi connectivity index (χ1v) is 7.50. The highest BCUT2D eigenvalue weighted by Crippen LogP contribution is 2.29. The first-order chi connectivity index (χ1) is 11.5. The average molecular weight is 324 g/mol. The van der Waals surface area contributed by atoms with Crippen LogP contribution < -0.4 is 4.74 Å². The van der Waals surface area contributed by atoms with Gasteiger partial charge in [-0.3, -0.25) is 14.9 Å². The number of nitrogens with zero attached hydrogens (tertiary/aromatic N) is 1. The van der Waals surface area contributed by atoms with Crippen LogP contribution in [0.2, 0.25) is 0 Å². The summed E-state index contributed by atoms with van der Waals surface area (Å²) in [5, 5.41) is 11.9. The molecule has 0 fully saturated rings. The molecule has 1 N–H and O–H groups in total. The number of hydrogen-bond acceptors (Lipinski definition) is 4. The van der Waals surface area contributed by atoms with Crippen LogP contribution in [0.3, 0.4) is 0 Å². The van der Waals surface area contributed by atoms with Crippen LogP contribution in [-0.2, 0) is 0 Å². The van der Waals surface area contributed by atoms with Crippen LogP contribution in [0.25, 0.3) is 10.9 Å². The number of benzene rings is 2. The summed E-state index contributed by atoms with van der Waals surface area (Å²) in [5.41, 5.74) is 2.01. The van der Waals surface area contributed by atoms with Crippen LogP contribution in [0.1, 0.15) is 23.0 Å². The van der Waals surface area contributed by atoms with E-state index in [0.717, 1.165) is 16.6 Å². The lowest BCUT2D eigenvalue weighted by atomic mass is 10.0. The Morgan fingerprint density at radius 2 is 1.83 bits per heavy atom. The number of ether oxygens (including phenoxy) is 1. The Bertz CT molecular complexity index is 930. The number of nitro groups is 1. The van der Waals surface area contributed by atoms with Crippen LogP contribution >= 0.6 is 0 Å². The van der Waals surface area contributed by atoms with E-state index in [1.807, 2.05) is 31.2 Å². The van der Waals surface area contributed by atoms with Crippen molar-refractivity contribution >= 4 is 22.4 Å². The number of aromatic nitrogens is 1. The molecule has 6 nitrogen and oxygen atoms in total. The molecule has 1 aromatic heterocycles. The monoisotopic (exact) mass is 324 g/mol. The Kier molecular flexibility index (Phi) is 4.04. The Hall–Kier alpha value is -3.15. The van der Waals surface area contributed by atoms with Gasteiger partial charge in [0.25, 0.3) is 0 Å². The fourth-order valence-corrected chi connectivity index (χ4v) is 2.75. The normalized spacial score (nSPS) is 12.1. The van der Waals surface area contributed by atoms with Crippen molar-refractivity contribution in [3.8, 4) is 5.75 Å². The lowest BCUT2D eigenvalue weighted by Gasteiger charge is -2.14. The van der Waals surface area contributed by atoms with E-state index in [1.54, 1.807) is 19.1 Å². The lowest BCUT2D eigenvalue weighted by Crippen LogP contribution is -2.24. The standard InChI is InChI=1S/C18H16N2O4/c1-11-17(13-7-3-4-8-14(13)19-11)18(21)12(2)24-16-10-6-5-9-15(16)20(22)23/h3-10,12,19H,1-2H3/t12-/m1/s1. The fourth-order valence-electron chi connectivity index (χ4n) is 2.75. The van der Waals surface area contributed by atoms with E-state index < -0.39 is 11.0 Å². The second kappa shape index (κ2) is 6.16. The zero-order chi connectivity index (χ0) is 17.3. The van der Waals surface area contributed by atoms with Crippen LogP contribution in [-0.4, -0.2) is 21.8 Å². The van der Waals surface area contributed by atoms with Crippen molar-refractivity contribution in [1.29, 1.82) is 0 Å². The molecule has 0 aliphatic rings. The molecule has 2 aromatic carbocycles. The second-order valence-electron chi connectivity index (χ2n) is 5.52. The van der Waals surface area contributed by atoms with Crippen molar-refractivity contribution in [2.75, 3.05) is 0 Å². The average Bonchev–Trinajstić information content (AvgIpc) is 2.90. The molecule has 1 heterocycles. The number of carbonyl (C=O) groups is 1. The van der Waals surface area contributed by atoms with Gasteiger partial charge in [0.2, 0.25) is 5.78 Å². The first-order valence-electron chi connectivity index (χ1n) is 7.50. The fraction of sp³-hybridized carbons (Fsp3) is 0.167. The molecule has 0 aliphatic heterocycles. The highest BCUT2D eigenvalue weighted by molar-refractivity contribution is 6.11. The van der Waals surface area contributed by atoms with Crippen molar-refractivity contribution in [3.63, 3.8) is 0 Å². The maximum absolute atomic E-state index is 12.8. The largest absolute Gasteiger partial charge is 0.475 e. The number of carbonyl (C=O) groups excluding carboxylic acids is 1. The number of nitrogens with one attached hydrogen (secondary N) is 1. The summed E-state index contributed by atoms with van der Waals surface area (Å²) in [4.78, 5) is 26.5. The van der Waals surface area contributed by atoms with E-state index in [2.05, 4.69) is 4.98 Å². The summed E-state index contributed by atoms with van der Waals surface area (Å²) >= 11 is 0. The predicted molar refractivity (Wildman–Crippen MR) is 90.6 cm³/mol. The molecule has 1 atom stereocenters. The molecule has 0 radical (unpaired) electrons. The SMILES string of the molecule is Cc1[nH]c2ccccc2c1C(=O)[C@@H](C)Oc1ccccc1[N+](=O)[O-]. The molecular formula is C18H16N2O4. The summed E-state index contributed by atoms with van der Waals surface area (Å²) in [7, 11) is 0. The molecule has 0 aliphatic carbocycles. The number of hydrogen-bond donors (Lipinski definition) is 1. The van der Waals surface area contributed by atoms with Gasteiger partial charge in [0.15, 0.2) is 11.9 Å².